The Morgan fingerprint density at radius 1 is 0.975 bits per heavy atom. The number of aliphatic hydroxyl groups is 1. The number of aryl methyl sites for hydroxylation is 1. The van der Waals surface area contributed by atoms with Gasteiger partial charge in [-0.2, -0.15) is 5.10 Å². The van der Waals surface area contributed by atoms with Crippen LogP contribution in [0, 0.1) is 0 Å². The topological polar surface area (TPSA) is 67.6 Å². The molecule has 3 aromatic carbocycles. The molecule has 2 heterocycles. The summed E-state index contributed by atoms with van der Waals surface area (Å²) in [4.78, 5) is 14.2. The van der Waals surface area contributed by atoms with Gasteiger partial charge in [0.1, 0.15) is 0 Å². The van der Waals surface area contributed by atoms with Crippen molar-refractivity contribution in [1.29, 1.82) is 0 Å². The summed E-state index contributed by atoms with van der Waals surface area (Å²) in [5, 5.41) is 15.6. The van der Waals surface area contributed by atoms with E-state index in [1.54, 1.807) is 0 Å². The highest BCUT2D eigenvalue weighted by molar-refractivity contribution is 5.69. The van der Waals surface area contributed by atoms with Gasteiger partial charge in [0, 0.05) is 37.8 Å². The van der Waals surface area contributed by atoms with Gasteiger partial charge in [0.05, 0.1) is 24.4 Å². The summed E-state index contributed by atoms with van der Waals surface area (Å²) in [6, 6.07) is 32.0. The molecule has 0 amide bonds. The lowest BCUT2D eigenvalue weighted by Gasteiger charge is -2.48. The first-order valence-electron chi connectivity index (χ1n) is 14.1. The highest BCUT2D eigenvalue weighted by atomic mass is 16.5. The molecule has 0 aliphatic carbocycles. The Hall–Kier alpha value is -4.00. The molecule has 1 N–H and O–H groups in total. The van der Waals surface area contributed by atoms with E-state index < -0.39 is 11.6 Å². The molecule has 5 rings (SSSR count). The Balaban J connectivity index is 1.48. The van der Waals surface area contributed by atoms with E-state index in [-0.39, 0.29) is 5.97 Å². The second-order valence-electron chi connectivity index (χ2n) is 10.2. The van der Waals surface area contributed by atoms with E-state index in [9.17, 15) is 9.90 Å². The van der Waals surface area contributed by atoms with Gasteiger partial charge in [0.25, 0.3) is 0 Å². The van der Waals surface area contributed by atoms with Crippen LogP contribution in [-0.2, 0) is 21.6 Å². The number of aliphatic hydroxyl groups excluding tert-OH is 1. The monoisotopic (exact) mass is 535 g/mol. The van der Waals surface area contributed by atoms with Crippen LogP contribution < -0.4 is 0 Å². The lowest BCUT2D eigenvalue weighted by atomic mass is 9.74. The Labute approximate surface area is 236 Å². The molecular weight excluding hydrogens is 498 g/mol. The number of likely N-dealkylation sites (tertiary alicyclic amines) is 1. The average Bonchev–Trinajstić information content (AvgIpc) is 3.44. The third-order valence-corrected chi connectivity index (χ3v) is 7.60. The normalized spacial score (nSPS) is 17.1. The number of carbonyl (C=O) groups excluding carboxylic acids is 1. The molecule has 1 aliphatic heterocycles. The number of rotatable bonds is 10. The fraction of sp³-hybridized carbons (Fsp3) is 0.294. The van der Waals surface area contributed by atoms with Gasteiger partial charge in [0.2, 0.25) is 0 Å². The first-order chi connectivity index (χ1) is 19.6. The minimum atomic E-state index is -0.527. The van der Waals surface area contributed by atoms with Crippen LogP contribution in [0.1, 0.15) is 48.4 Å². The SMILES string of the molecule is CCOC(=O)CCCn1cc(/C=C2\CN(C(c3ccccc3)(c3ccccc3)c3ccccc3)CCC2O)cn1. The van der Waals surface area contributed by atoms with E-state index >= 15 is 0 Å². The van der Waals surface area contributed by atoms with Crippen molar-refractivity contribution >= 4 is 12.0 Å². The number of ether oxygens (including phenoxy) is 1. The second kappa shape index (κ2) is 12.9. The van der Waals surface area contributed by atoms with Crippen molar-refractivity contribution in [1.82, 2.24) is 14.7 Å². The number of benzene rings is 3. The predicted molar refractivity (Wildman–Crippen MR) is 157 cm³/mol. The van der Waals surface area contributed by atoms with Gasteiger partial charge in [-0.1, -0.05) is 91.0 Å². The molecule has 6 heteroatoms. The second-order valence-corrected chi connectivity index (χ2v) is 10.2. The third-order valence-electron chi connectivity index (χ3n) is 7.60. The molecule has 1 fully saturated rings. The number of hydrogen-bond donors (Lipinski definition) is 1. The zero-order chi connectivity index (χ0) is 27.8. The van der Waals surface area contributed by atoms with Crippen molar-refractivity contribution in [3.8, 4) is 0 Å². The van der Waals surface area contributed by atoms with Gasteiger partial charge in [-0.15, -0.1) is 0 Å². The van der Waals surface area contributed by atoms with Crippen LogP contribution in [-0.4, -0.2) is 51.6 Å². The zero-order valence-corrected chi connectivity index (χ0v) is 23.0. The maximum Gasteiger partial charge on any atom is 0.305 e. The first-order valence-corrected chi connectivity index (χ1v) is 14.1. The predicted octanol–water partition coefficient (Wildman–Crippen LogP) is 5.67. The summed E-state index contributed by atoms with van der Waals surface area (Å²) < 4.78 is 6.87. The first kappa shape index (κ1) is 27.6. The maximum atomic E-state index is 11.7. The molecule has 1 saturated heterocycles. The fourth-order valence-corrected chi connectivity index (χ4v) is 5.79. The van der Waals surface area contributed by atoms with Crippen molar-refractivity contribution in [2.24, 2.45) is 0 Å². The molecule has 1 aliphatic rings. The molecule has 40 heavy (non-hydrogen) atoms. The van der Waals surface area contributed by atoms with Gasteiger partial charge in [-0.05, 0) is 48.1 Å². The number of carbonyl (C=O) groups is 1. The molecular formula is C34H37N3O3. The highest BCUT2D eigenvalue weighted by Crippen LogP contribution is 2.44. The number of nitrogens with zero attached hydrogens (tertiary/aromatic N) is 3. The fourth-order valence-electron chi connectivity index (χ4n) is 5.79. The van der Waals surface area contributed by atoms with E-state index in [1.807, 2.05) is 24.0 Å². The van der Waals surface area contributed by atoms with E-state index in [4.69, 9.17) is 4.74 Å². The number of hydrogen-bond acceptors (Lipinski definition) is 5. The van der Waals surface area contributed by atoms with E-state index in [0.717, 1.165) is 17.7 Å². The largest absolute Gasteiger partial charge is 0.466 e. The molecule has 0 spiro atoms. The summed E-state index contributed by atoms with van der Waals surface area (Å²) in [6.07, 6.45) is 7.01. The molecule has 6 nitrogen and oxygen atoms in total. The van der Waals surface area contributed by atoms with Crippen LogP contribution in [0.3, 0.4) is 0 Å². The Kier molecular flexibility index (Phi) is 8.89. The number of piperidine rings is 1. The highest BCUT2D eigenvalue weighted by Gasteiger charge is 2.44. The Morgan fingerprint density at radius 2 is 1.55 bits per heavy atom. The summed E-state index contributed by atoms with van der Waals surface area (Å²) in [7, 11) is 0. The van der Waals surface area contributed by atoms with Crippen molar-refractivity contribution in [3.05, 3.63) is 131 Å². The Morgan fingerprint density at radius 3 is 2.10 bits per heavy atom. The average molecular weight is 536 g/mol. The lowest BCUT2D eigenvalue weighted by Crippen LogP contribution is -2.52. The quantitative estimate of drug-likeness (QED) is 0.209. The minimum Gasteiger partial charge on any atom is -0.466 e. The number of aromatic nitrogens is 2. The summed E-state index contributed by atoms with van der Waals surface area (Å²) >= 11 is 0. The van der Waals surface area contributed by atoms with Crippen LogP contribution in [0.2, 0.25) is 0 Å². The van der Waals surface area contributed by atoms with E-state index in [1.165, 1.54) is 16.7 Å². The molecule has 1 aromatic heterocycles. The van der Waals surface area contributed by atoms with Crippen LogP contribution in [0.4, 0.5) is 0 Å². The van der Waals surface area contributed by atoms with Gasteiger partial charge in [-0.25, -0.2) is 0 Å². The molecule has 4 aromatic rings. The van der Waals surface area contributed by atoms with Crippen LogP contribution >= 0.6 is 0 Å². The van der Waals surface area contributed by atoms with Crippen molar-refractivity contribution in [2.45, 2.75) is 44.4 Å². The summed E-state index contributed by atoms with van der Waals surface area (Å²) in [6.45, 7) is 4.20. The number of esters is 1. The van der Waals surface area contributed by atoms with Crippen molar-refractivity contribution < 1.29 is 14.6 Å². The van der Waals surface area contributed by atoms with E-state index in [2.05, 4.69) is 107 Å². The van der Waals surface area contributed by atoms with Gasteiger partial charge >= 0.3 is 5.97 Å². The standard InChI is InChI=1S/C34H37N3O3/c1-2-40-33(39)19-12-21-37-25-27(24-35-37)23-28-26-36(22-20-32(28)38)34(29-13-6-3-7-14-29,30-15-8-4-9-16-30)31-17-10-5-11-18-31/h3-11,13-18,23-25,32,38H,2,12,19-22,26H2,1H3/b28-23+. The molecule has 0 radical (unpaired) electrons. The smallest absolute Gasteiger partial charge is 0.305 e. The van der Waals surface area contributed by atoms with Crippen LogP contribution in [0.5, 0.6) is 0 Å². The minimum absolute atomic E-state index is 0.179. The maximum absolute atomic E-state index is 11.7. The molecule has 1 atom stereocenters. The lowest BCUT2D eigenvalue weighted by molar-refractivity contribution is -0.143. The molecule has 206 valence electrons. The molecule has 0 bridgehead atoms. The zero-order valence-electron chi connectivity index (χ0n) is 23.0. The van der Waals surface area contributed by atoms with Crippen molar-refractivity contribution in [3.63, 3.8) is 0 Å². The summed E-state index contributed by atoms with van der Waals surface area (Å²) in [5.41, 5.74) is 4.95. The third kappa shape index (κ3) is 5.93. The van der Waals surface area contributed by atoms with Gasteiger partial charge in [-0.3, -0.25) is 14.4 Å². The molecule has 0 saturated carbocycles. The van der Waals surface area contributed by atoms with Gasteiger partial charge < -0.3 is 9.84 Å². The van der Waals surface area contributed by atoms with Gasteiger partial charge in [0.15, 0.2) is 0 Å². The Bertz CT molecular complexity index is 1300. The molecule has 1 unspecified atom stereocenters. The van der Waals surface area contributed by atoms with Crippen LogP contribution in [0.25, 0.3) is 6.08 Å². The van der Waals surface area contributed by atoms with Crippen molar-refractivity contribution in [2.75, 3.05) is 19.7 Å². The van der Waals surface area contributed by atoms with Crippen LogP contribution in [0.15, 0.2) is 109 Å². The summed E-state index contributed by atoms with van der Waals surface area (Å²) in [5.74, 6) is -0.179. The van der Waals surface area contributed by atoms with E-state index in [0.29, 0.717) is 39.0 Å².